The Morgan fingerprint density at radius 2 is 2.05 bits per heavy atom. The van der Waals surface area contributed by atoms with Crippen LogP contribution in [0.5, 0.6) is 0 Å². The summed E-state index contributed by atoms with van der Waals surface area (Å²) < 4.78 is 1.88. The third-order valence-corrected chi connectivity index (χ3v) is 4.24. The van der Waals surface area contributed by atoms with Crippen molar-refractivity contribution >= 4 is 11.8 Å². The van der Waals surface area contributed by atoms with Crippen LogP contribution in [0.25, 0.3) is 5.69 Å². The predicted octanol–water partition coefficient (Wildman–Crippen LogP) is 3.78. The Kier molecular flexibility index (Phi) is 3.96. The van der Waals surface area contributed by atoms with Crippen molar-refractivity contribution < 1.29 is 0 Å². The highest BCUT2D eigenvalue weighted by Gasteiger charge is 2.14. The van der Waals surface area contributed by atoms with E-state index in [9.17, 15) is 5.26 Å². The molecule has 1 aromatic carbocycles. The van der Waals surface area contributed by atoms with Crippen molar-refractivity contribution in [2.75, 3.05) is 5.75 Å². The quantitative estimate of drug-likeness (QED) is 0.798. The first kappa shape index (κ1) is 13.7. The Bertz CT molecular complexity index is 650. The van der Waals surface area contributed by atoms with E-state index in [0.29, 0.717) is 5.56 Å². The fourth-order valence-corrected chi connectivity index (χ4v) is 2.82. The van der Waals surface area contributed by atoms with Gasteiger partial charge in [0.05, 0.1) is 16.9 Å². The summed E-state index contributed by atoms with van der Waals surface area (Å²) in [6.07, 6.45) is 0. The van der Waals surface area contributed by atoms with E-state index in [1.165, 1.54) is 5.56 Å². The van der Waals surface area contributed by atoms with Gasteiger partial charge in [-0.3, -0.25) is 0 Å². The van der Waals surface area contributed by atoms with Gasteiger partial charge in [0.25, 0.3) is 0 Å². The Hall–Kier alpha value is -1.73. The number of nitriles is 1. The first-order valence-electron chi connectivity index (χ1n) is 6.29. The zero-order valence-corrected chi connectivity index (χ0v) is 12.5. The molecule has 0 aliphatic rings. The molecule has 98 valence electrons. The van der Waals surface area contributed by atoms with Crippen LogP contribution in [0.1, 0.15) is 29.4 Å². The van der Waals surface area contributed by atoms with E-state index in [1.54, 1.807) is 11.8 Å². The minimum absolute atomic E-state index is 0.708. The minimum atomic E-state index is 0.708. The molecule has 0 aliphatic heterocycles. The van der Waals surface area contributed by atoms with Crippen LogP contribution >= 0.6 is 11.8 Å². The molecular formula is C15H17N3S. The summed E-state index contributed by atoms with van der Waals surface area (Å²) in [7, 11) is 0. The zero-order chi connectivity index (χ0) is 14.0. The molecule has 0 saturated carbocycles. The molecule has 0 unspecified atom stereocenters. The van der Waals surface area contributed by atoms with Gasteiger partial charge in [-0.1, -0.05) is 13.0 Å². The summed E-state index contributed by atoms with van der Waals surface area (Å²) in [5.41, 5.74) is 4.86. The Morgan fingerprint density at radius 3 is 2.58 bits per heavy atom. The number of nitrogens with zero attached hydrogens (tertiary/aromatic N) is 3. The smallest absolute Gasteiger partial charge is 0.103 e. The molecule has 0 atom stereocenters. The van der Waals surface area contributed by atoms with Crippen LogP contribution in [-0.2, 0) is 0 Å². The molecule has 0 N–H and O–H groups in total. The molecule has 0 saturated heterocycles. The molecule has 2 aromatic rings. The summed E-state index contributed by atoms with van der Waals surface area (Å²) >= 11 is 1.69. The van der Waals surface area contributed by atoms with Crippen LogP contribution in [0.3, 0.4) is 0 Å². The van der Waals surface area contributed by atoms with Gasteiger partial charge in [0.15, 0.2) is 0 Å². The number of benzene rings is 1. The molecule has 19 heavy (non-hydrogen) atoms. The Balaban J connectivity index is 2.66. The average molecular weight is 271 g/mol. The lowest BCUT2D eigenvalue weighted by atomic mass is 10.2. The number of hydrogen-bond donors (Lipinski definition) is 0. The number of thioether (sulfide) groups is 1. The predicted molar refractivity (Wildman–Crippen MR) is 78.9 cm³/mol. The summed E-state index contributed by atoms with van der Waals surface area (Å²) in [5, 5.41) is 14.0. The van der Waals surface area contributed by atoms with Gasteiger partial charge < -0.3 is 0 Å². The summed E-state index contributed by atoms with van der Waals surface area (Å²) in [6.45, 7) is 8.18. The van der Waals surface area contributed by atoms with Crippen molar-refractivity contribution in [3.63, 3.8) is 0 Å². The monoisotopic (exact) mass is 271 g/mol. The number of hydrogen-bond acceptors (Lipinski definition) is 3. The van der Waals surface area contributed by atoms with Crippen LogP contribution in [-0.4, -0.2) is 15.5 Å². The molecule has 0 radical (unpaired) electrons. The molecule has 0 fully saturated rings. The van der Waals surface area contributed by atoms with E-state index in [1.807, 2.05) is 36.7 Å². The molecule has 2 rings (SSSR count). The summed E-state index contributed by atoms with van der Waals surface area (Å²) in [6, 6.07) is 8.26. The van der Waals surface area contributed by atoms with E-state index >= 15 is 0 Å². The van der Waals surface area contributed by atoms with Crippen molar-refractivity contribution in [1.29, 1.82) is 5.26 Å². The lowest BCUT2D eigenvalue weighted by Crippen LogP contribution is -2.03. The van der Waals surface area contributed by atoms with Gasteiger partial charge in [-0.05, 0) is 44.2 Å². The van der Waals surface area contributed by atoms with Crippen molar-refractivity contribution in [1.82, 2.24) is 9.78 Å². The molecule has 0 amide bonds. The second-order valence-electron chi connectivity index (χ2n) is 4.40. The van der Waals surface area contributed by atoms with Crippen molar-refractivity contribution in [2.24, 2.45) is 0 Å². The van der Waals surface area contributed by atoms with Gasteiger partial charge in [0.2, 0.25) is 0 Å². The highest BCUT2D eigenvalue weighted by atomic mass is 32.2. The van der Waals surface area contributed by atoms with Gasteiger partial charge in [-0.25, -0.2) is 4.68 Å². The van der Waals surface area contributed by atoms with Crippen LogP contribution < -0.4 is 0 Å². The molecule has 3 nitrogen and oxygen atoms in total. The van der Waals surface area contributed by atoms with Gasteiger partial charge in [0, 0.05) is 10.6 Å². The van der Waals surface area contributed by atoms with Crippen LogP contribution in [0.2, 0.25) is 0 Å². The van der Waals surface area contributed by atoms with Crippen molar-refractivity contribution in [3.8, 4) is 11.8 Å². The maximum Gasteiger partial charge on any atom is 0.103 e. The van der Waals surface area contributed by atoms with E-state index < -0.39 is 0 Å². The Labute approximate surface area is 118 Å². The second-order valence-corrected chi connectivity index (χ2v) is 5.71. The van der Waals surface area contributed by atoms with Crippen molar-refractivity contribution in [2.45, 2.75) is 32.6 Å². The van der Waals surface area contributed by atoms with Gasteiger partial charge in [-0.15, -0.1) is 11.8 Å². The lowest BCUT2D eigenvalue weighted by Gasteiger charge is -2.10. The standard InChI is InChI=1S/C15H17N3S/c1-5-19-15-8-6-7-14(13(15)9-16)18-12(4)10(2)11(3)17-18/h6-8H,5H2,1-4H3. The van der Waals surface area contributed by atoms with Gasteiger partial charge in [-0.2, -0.15) is 10.4 Å². The lowest BCUT2D eigenvalue weighted by molar-refractivity contribution is 0.827. The molecule has 0 bridgehead atoms. The maximum atomic E-state index is 9.45. The minimum Gasteiger partial charge on any atom is -0.236 e. The second kappa shape index (κ2) is 5.50. The average Bonchev–Trinajstić information content (AvgIpc) is 2.66. The topological polar surface area (TPSA) is 41.6 Å². The van der Waals surface area contributed by atoms with Crippen molar-refractivity contribution in [3.05, 3.63) is 40.7 Å². The highest BCUT2D eigenvalue weighted by molar-refractivity contribution is 7.99. The third kappa shape index (κ3) is 2.39. The largest absolute Gasteiger partial charge is 0.236 e. The van der Waals surface area contributed by atoms with E-state index in [0.717, 1.165) is 27.7 Å². The maximum absolute atomic E-state index is 9.45. The number of rotatable bonds is 3. The fraction of sp³-hybridized carbons (Fsp3) is 0.333. The summed E-state index contributed by atoms with van der Waals surface area (Å²) in [4.78, 5) is 1.02. The summed E-state index contributed by atoms with van der Waals surface area (Å²) in [5.74, 6) is 0.953. The first-order chi connectivity index (χ1) is 9.10. The van der Waals surface area contributed by atoms with Gasteiger partial charge in [0.1, 0.15) is 6.07 Å². The first-order valence-corrected chi connectivity index (χ1v) is 7.27. The normalized spacial score (nSPS) is 10.5. The third-order valence-electron chi connectivity index (χ3n) is 3.30. The van der Waals surface area contributed by atoms with Crippen LogP contribution in [0.4, 0.5) is 0 Å². The SMILES string of the molecule is CCSc1cccc(-n2nc(C)c(C)c2C)c1C#N. The number of aromatic nitrogens is 2. The molecule has 0 spiro atoms. The number of aryl methyl sites for hydroxylation is 1. The van der Waals surface area contributed by atoms with E-state index in [2.05, 4.69) is 25.0 Å². The molecule has 4 heteroatoms. The highest BCUT2D eigenvalue weighted by Crippen LogP contribution is 2.28. The fourth-order valence-electron chi connectivity index (χ4n) is 2.04. The molecular weight excluding hydrogens is 254 g/mol. The zero-order valence-electron chi connectivity index (χ0n) is 11.7. The van der Waals surface area contributed by atoms with Crippen LogP contribution in [0, 0.1) is 32.1 Å². The molecule has 1 heterocycles. The van der Waals surface area contributed by atoms with Gasteiger partial charge >= 0.3 is 0 Å². The van der Waals surface area contributed by atoms with Crippen LogP contribution in [0.15, 0.2) is 23.1 Å². The van der Waals surface area contributed by atoms with E-state index in [-0.39, 0.29) is 0 Å². The Morgan fingerprint density at radius 1 is 1.32 bits per heavy atom. The molecule has 0 aliphatic carbocycles. The van der Waals surface area contributed by atoms with E-state index in [4.69, 9.17) is 0 Å². The molecule has 1 aromatic heterocycles.